The molecule has 0 radical (unpaired) electrons. The summed E-state index contributed by atoms with van der Waals surface area (Å²) >= 11 is 0. The second-order valence-electron chi connectivity index (χ2n) is 6.49. The van der Waals surface area contributed by atoms with E-state index in [2.05, 4.69) is 36.5 Å². The molecule has 2 rings (SSSR count). The van der Waals surface area contributed by atoms with Crippen molar-refractivity contribution in [2.45, 2.75) is 32.2 Å². The highest BCUT2D eigenvalue weighted by Crippen LogP contribution is 2.16. The summed E-state index contributed by atoms with van der Waals surface area (Å²) in [5.41, 5.74) is 2.44. The van der Waals surface area contributed by atoms with Crippen LogP contribution in [0, 0.1) is 0 Å². The molecule has 0 heterocycles. The molecule has 0 fully saturated rings. The van der Waals surface area contributed by atoms with Crippen molar-refractivity contribution in [3.05, 3.63) is 65.7 Å². The van der Waals surface area contributed by atoms with Gasteiger partial charge in [-0.15, -0.1) is 0 Å². The monoisotopic (exact) mass is 357 g/mol. The Morgan fingerprint density at radius 2 is 1.73 bits per heavy atom. The van der Waals surface area contributed by atoms with Gasteiger partial charge in [-0.3, -0.25) is 0 Å². The van der Waals surface area contributed by atoms with Gasteiger partial charge < -0.3 is 19.9 Å². The Morgan fingerprint density at radius 1 is 1.00 bits per heavy atom. The maximum atomic E-state index is 9.65. The fourth-order valence-corrected chi connectivity index (χ4v) is 2.87. The minimum absolute atomic E-state index is 0.125. The molecule has 0 saturated carbocycles. The SMILES string of the molecule is CCOCCOc1ccc(C[C@@H](C)NCC(CO)c2ccccc2)cc1. The van der Waals surface area contributed by atoms with Gasteiger partial charge in [0.05, 0.1) is 13.2 Å². The van der Waals surface area contributed by atoms with E-state index >= 15 is 0 Å². The molecule has 142 valence electrons. The van der Waals surface area contributed by atoms with Crippen LogP contribution in [0.2, 0.25) is 0 Å². The second-order valence-corrected chi connectivity index (χ2v) is 6.49. The number of benzene rings is 2. The second kappa shape index (κ2) is 11.7. The van der Waals surface area contributed by atoms with E-state index in [1.165, 1.54) is 11.1 Å². The highest BCUT2D eigenvalue weighted by Gasteiger charge is 2.12. The van der Waals surface area contributed by atoms with Crippen molar-refractivity contribution in [2.75, 3.05) is 33.0 Å². The maximum Gasteiger partial charge on any atom is 0.119 e. The molecule has 0 aliphatic heterocycles. The number of aliphatic hydroxyl groups excluding tert-OH is 1. The predicted octanol–water partition coefficient (Wildman–Crippen LogP) is 3.40. The number of nitrogens with one attached hydrogen (secondary N) is 1. The Kier molecular flexibility index (Phi) is 9.18. The summed E-state index contributed by atoms with van der Waals surface area (Å²) in [6.45, 7) is 6.98. The van der Waals surface area contributed by atoms with Crippen LogP contribution in [-0.4, -0.2) is 44.1 Å². The first-order chi connectivity index (χ1) is 12.7. The summed E-state index contributed by atoms with van der Waals surface area (Å²) in [7, 11) is 0. The van der Waals surface area contributed by atoms with Crippen molar-refractivity contribution < 1.29 is 14.6 Å². The molecule has 2 atom stereocenters. The molecule has 0 aromatic heterocycles. The molecule has 4 nitrogen and oxygen atoms in total. The Bertz CT molecular complexity index is 601. The Hall–Kier alpha value is -1.88. The maximum absolute atomic E-state index is 9.65. The van der Waals surface area contributed by atoms with Gasteiger partial charge >= 0.3 is 0 Å². The molecule has 2 aromatic carbocycles. The zero-order valence-electron chi connectivity index (χ0n) is 15.9. The quantitative estimate of drug-likeness (QED) is 0.572. The van der Waals surface area contributed by atoms with Crippen LogP contribution in [0.15, 0.2) is 54.6 Å². The van der Waals surface area contributed by atoms with Gasteiger partial charge in [0, 0.05) is 25.1 Å². The van der Waals surface area contributed by atoms with Crippen molar-refractivity contribution in [3.63, 3.8) is 0 Å². The fraction of sp³-hybridized carbons (Fsp3) is 0.455. The molecule has 0 bridgehead atoms. The van der Waals surface area contributed by atoms with Crippen LogP contribution in [0.25, 0.3) is 0 Å². The number of rotatable bonds is 12. The van der Waals surface area contributed by atoms with E-state index in [1.807, 2.05) is 37.3 Å². The van der Waals surface area contributed by atoms with E-state index < -0.39 is 0 Å². The number of aliphatic hydroxyl groups is 1. The summed E-state index contributed by atoms with van der Waals surface area (Å²) in [6.07, 6.45) is 0.937. The third-order valence-corrected chi connectivity index (χ3v) is 4.37. The van der Waals surface area contributed by atoms with Crippen molar-refractivity contribution in [1.82, 2.24) is 5.32 Å². The minimum atomic E-state index is 0.125. The van der Waals surface area contributed by atoms with Crippen molar-refractivity contribution in [1.29, 1.82) is 0 Å². The van der Waals surface area contributed by atoms with Gasteiger partial charge in [-0.1, -0.05) is 42.5 Å². The van der Waals surface area contributed by atoms with E-state index in [9.17, 15) is 5.11 Å². The van der Waals surface area contributed by atoms with Crippen molar-refractivity contribution >= 4 is 0 Å². The predicted molar refractivity (Wildman–Crippen MR) is 106 cm³/mol. The lowest BCUT2D eigenvalue weighted by molar-refractivity contribution is 0.110. The summed E-state index contributed by atoms with van der Waals surface area (Å²) in [5, 5.41) is 13.2. The van der Waals surface area contributed by atoms with Crippen LogP contribution >= 0.6 is 0 Å². The lowest BCUT2D eigenvalue weighted by Gasteiger charge is -2.20. The molecule has 2 N–H and O–H groups in total. The minimum Gasteiger partial charge on any atom is -0.491 e. The molecule has 26 heavy (non-hydrogen) atoms. The standard InChI is InChI=1S/C22H31NO3/c1-3-25-13-14-26-22-11-9-19(10-12-22)15-18(2)23-16-21(17-24)20-7-5-4-6-8-20/h4-12,18,21,23-24H,3,13-17H2,1-2H3/t18-,21?/m1/s1. The largest absolute Gasteiger partial charge is 0.491 e. The van der Waals surface area contributed by atoms with Gasteiger partial charge in [0.2, 0.25) is 0 Å². The van der Waals surface area contributed by atoms with E-state index in [0.717, 1.165) is 18.7 Å². The van der Waals surface area contributed by atoms with Crippen LogP contribution in [-0.2, 0) is 11.2 Å². The third kappa shape index (κ3) is 7.16. The summed E-state index contributed by atoms with van der Waals surface area (Å²) in [4.78, 5) is 0. The van der Waals surface area contributed by atoms with Gasteiger partial charge in [-0.2, -0.15) is 0 Å². The Morgan fingerprint density at radius 3 is 2.38 bits per heavy atom. The topological polar surface area (TPSA) is 50.7 Å². The summed E-state index contributed by atoms with van der Waals surface area (Å²) in [6, 6.07) is 18.7. The van der Waals surface area contributed by atoms with Crippen LogP contribution in [0.1, 0.15) is 30.9 Å². The van der Waals surface area contributed by atoms with E-state index in [1.54, 1.807) is 0 Å². The Balaban J connectivity index is 1.75. The Labute approximate surface area is 157 Å². The van der Waals surface area contributed by atoms with Gasteiger partial charge in [0.25, 0.3) is 0 Å². The molecule has 0 spiro atoms. The molecule has 0 saturated heterocycles. The van der Waals surface area contributed by atoms with Crippen molar-refractivity contribution in [2.24, 2.45) is 0 Å². The van der Waals surface area contributed by atoms with Crippen LogP contribution in [0.3, 0.4) is 0 Å². The van der Waals surface area contributed by atoms with Crippen LogP contribution in [0.5, 0.6) is 5.75 Å². The van der Waals surface area contributed by atoms with E-state index in [0.29, 0.717) is 25.9 Å². The molecule has 4 heteroatoms. The summed E-state index contributed by atoms with van der Waals surface area (Å²) < 4.78 is 10.9. The molecular weight excluding hydrogens is 326 g/mol. The van der Waals surface area contributed by atoms with Gasteiger partial charge in [0.1, 0.15) is 12.4 Å². The first-order valence-electron chi connectivity index (χ1n) is 9.41. The molecule has 0 amide bonds. The van der Waals surface area contributed by atoms with Gasteiger partial charge in [0.15, 0.2) is 0 Å². The smallest absolute Gasteiger partial charge is 0.119 e. The lowest BCUT2D eigenvalue weighted by atomic mass is 9.99. The van der Waals surface area contributed by atoms with Gasteiger partial charge in [-0.05, 0) is 43.5 Å². The molecule has 1 unspecified atom stereocenters. The average Bonchev–Trinajstić information content (AvgIpc) is 2.68. The number of ether oxygens (including phenoxy) is 2. The summed E-state index contributed by atoms with van der Waals surface area (Å²) in [5.74, 6) is 0.998. The van der Waals surface area contributed by atoms with E-state index in [-0.39, 0.29) is 12.5 Å². The number of hydrogen-bond acceptors (Lipinski definition) is 4. The highest BCUT2D eigenvalue weighted by atomic mass is 16.5. The average molecular weight is 357 g/mol. The van der Waals surface area contributed by atoms with E-state index in [4.69, 9.17) is 9.47 Å². The normalized spacial score (nSPS) is 13.3. The molecular formula is C22H31NO3. The lowest BCUT2D eigenvalue weighted by Crippen LogP contribution is -2.33. The van der Waals surface area contributed by atoms with Crippen LogP contribution in [0.4, 0.5) is 0 Å². The first kappa shape index (κ1) is 20.4. The van der Waals surface area contributed by atoms with Crippen molar-refractivity contribution in [3.8, 4) is 5.75 Å². The molecule has 0 aliphatic rings. The zero-order valence-corrected chi connectivity index (χ0v) is 15.9. The first-order valence-corrected chi connectivity index (χ1v) is 9.41. The van der Waals surface area contributed by atoms with Gasteiger partial charge in [-0.25, -0.2) is 0 Å². The zero-order chi connectivity index (χ0) is 18.6. The van der Waals surface area contributed by atoms with Crippen LogP contribution < -0.4 is 10.1 Å². The highest BCUT2D eigenvalue weighted by molar-refractivity contribution is 5.27. The third-order valence-electron chi connectivity index (χ3n) is 4.37. The molecule has 0 aliphatic carbocycles. The number of hydrogen-bond donors (Lipinski definition) is 2. The fourth-order valence-electron chi connectivity index (χ4n) is 2.87. The molecule has 2 aromatic rings.